The van der Waals surface area contributed by atoms with Crippen molar-refractivity contribution in [1.82, 2.24) is 0 Å². The molecule has 0 unspecified atom stereocenters. The molecule has 0 aliphatic heterocycles. The molecule has 302 valence electrons. The van der Waals surface area contributed by atoms with Crippen LogP contribution in [-0.2, 0) is 0 Å². The van der Waals surface area contributed by atoms with E-state index in [2.05, 4.69) is 18.2 Å². The smallest absolute Gasteiger partial charge is 0.408 e. The van der Waals surface area contributed by atoms with E-state index in [1.807, 2.05) is 182 Å². The Labute approximate surface area is 373 Å². The zero-order valence-corrected chi connectivity index (χ0v) is 35.2. The van der Waals surface area contributed by atoms with Gasteiger partial charge in [-0.2, -0.15) is 15.8 Å². The fourth-order valence-electron chi connectivity index (χ4n) is 7.94. The molecule has 0 radical (unpaired) electrons. The molecule has 9 aromatic carbocycles. The quantitative estimate of drug-likeness (QED) is 0.114. The van der Waals surface area contributed by atoms with Gasteiger partial charge in [0, 0.05) is 33.4 Å². The van der Waals surface area contributed by atoms with E-state index >= 15 is 0 Å². The molecule has 0 N–H and O–H groups in total. The van der Waals surface area contributed by atoms with Crippen LogP contribution in [0, 0.1) is 34.0 Å². The first-order valence-electron chi connectivity index (χ1n) is 20.5. The average molecular weight is 842 g/mol. The molecule has 6 nitrogen and oxygen atoms in total. The molecule has 9 rings (SSSR count). The van der Waals surface area contributed by atoms with Crippen molar-refractivity contribution in [2.45, 2.75) is 0 Å². The van der Waals surface area contributed by atoms with Crippen LogP contribution >= 0.6 is 8.60 Å². The Morgan fingerprint density at radius 3 is 0.656 bits per heavy atom. The molecule has 0 amide bonds. The molecule has 64 heavy (non-hydrogen) atoms. The van der Waals surface area contributed by atoms with Gasteiger partial charge in [0.15, 0.2) is 0 Å². The molecular weight excluding hydrogens is 806 g/mol. The van der Waals surface area contributed by atoms with Gasteiger partial charge in [-0.25, -0.2) is 0 Å². The highest BCUT2D eigenvalue weighted by Gasteiger charge is 2.30. The van der Waals surface area contributed by atoms with Crippen molar-refractivity contribution in [1.29, 1.82) is 15.8 Å². The number of nitrogens with zero attached hydrogens (tertiary/aromatic N) is 3. The van der Waals surface area contributed by atoms with Gasteiger partial charge in [-0.05, 0) is 69.8 Å². The summed E-state index contributed by atoms with van der Waals surface area (Å²) in [4.78, 5) is 0. The number of hydrogen-bond donors (Lipinski definition) is 0. The lowest BCUT2D eigenvalue weighted by Gasteiger charge is -2.25. The van der Waals surface area contributed by atoms with E-state index in [4.69, 9.17) is 13.6 Å². The van der Waals surface area contributed by atoms with Gasteiger partial charge in [0.1, 0.15) is 17.2 Å². The number of nitriles is 3. The van der Waals surface area contributed by atoms with Gasteiger partial charge in [0.05, 0.1) is 34.9 Å². The minimum absolute atomic E-state index is 0.423. The number of benzene rings is 9. The highest BCUT2D eigenvalue weighted by atomic mass is 31.2. The maximum absolute atomic E-state index is 10.5. The minimum Gasteiger partial charge on any atom is -0.408 e. The van der Waals surface area contributed by atoms with Crippen LogP contribution in [0.4, 0.5) is 0 Å². The van der Waals surface area contributed by atoms with Crippen molar-refractivity contribution in [2.75, 3.05) is 0 Å². The molecular formula is C57H36N3O3P. The van der Waals surface area contributed by atoms with Crippen molar-refractivity contribution in [3.05, 3.63) is 235 Å². The van der Waals surface area contributed by atoms with Crippen LogP contribution in [0.5, 0.6) is 17.2 Å². The van der Waals surface area contributed by atoms with Gasteiger partial charge >= 0.3 is 8.60 Å². The van der Waals surface area contributed by atoms with Crippen LogP contribution in [0.1, 0.15) is 16.7 Å². The molecule has 0 aliphatic carbocycles. The summed E-state index contributed by atoms with van der Waals surface area (Å²) in [5, 5.41) is 31.6. The van der Waals surface area contributed by atoms with Gasteiger partial charge in [-0.3, -0.25) is 0 Å². The Bertz CT molecular complexity index is 2850. The molecule has 0 aromatic heterocycles. The molecule has 0 bridgehead atoms. The minimum atomic E-state index is -2.44. The first kappa shape index (κ1) is 40.7. The summed E-state index contributed by atoms with van der Waals surface area (Å²) in [6, 6.07) is 76.7. The predicted octanol–water partition coefficient (Wildman–Crippen LogP) is 15.1. The Morgan fingerprint density at radius 1 is 0.250 bits per heavy atom. The van der Waals surface area contributed by atoms with Crippen molar-refractivity contribution in [3.8, 4) is 102 Å². The molecule has 0 heterocycles. The predicted molar refractivity (Wildman–Crippen MR) is 255 cm³/mol. The normalized spacial score (nSPS) is 10.6. The zero-order chi connectivity index (χ0) is 43.7. The lowest BCUT2D eigenvalue weighted by atomic mass is 9.90. The molecule has 7 heteroatoms. The highest BCUT2D eigenvalue weighted by Crippen LogP contribution is 2.54. The van der Waals surface area contributed by atoms with E-state index in [9.17, 15) is 15.8 Å². The zero-order valence-electron chi connectivity index (χ0n) is 34.3. The Hall–Kier alpha value is -8.72. The molecule has 0 saturated carbocycles. The van der Waals surface area contributed by atoms with E-state index in [0.717, 1.165) is 33.4 Å². The Kier molecular flexibility index (Phi) is 12.0. The first-order chi connectivity index (χ1) is 31.6. The third-order valence-corrected chi connectivity index (χ3v) is 11.8. The lowest BCUT2D eigenvalue weighted by Crippen LogP contribution is -2.07. The standard InChI is InChI=1S/C57H36N3O3P/c58-37-46-31-34-49(55(43-25-13-4-14-26-43)52(46)40-19-7-1-8-20-40)61-64(62-50-35-32-47(38-59)53(41-21-9-2-10-22-41)56(50)44-27-15-5-16-28-44)63-51-36-33-48(39-60)54(42-23-11-3-12-24-42)57(51)45-29-17-6-18-30-45/h1-36H. The van der Waals surface area contributed by atoms with Crippen molar-refractivity contribution in [2.24, 2.45) is 0 Å². The van der Waals surface area contributed by atoms with E-state index in [-0.39, 0.29) is 0 Å². The molecule has 0 saturated heterocycles. The van der Waals surface area contributed by atoms with Crippen LogP contribution in [-0.4, -0.2) is 0 Å². The summed E-state index contributed by atoms with van der Waals surface area (Å²) in [6.45, 7) is 0. The third-order valence-electron chi connectivity index (χ3n) is 10.8. The topological polar surface area (TPSA) is 99.1 Å². The number of hydrogen-bond acceptors (Lipinski definition) is 6. The summed E-state index contributed by atoms with van der Waals surface area (Å²) in [7, 11) is -2.44. The van der Waals surface area contributed by atoms with Crippen LogP contribution in [0.15, 0.2) is 218 Å². The SMILES string of the molecule is N#Cc1ccc(OP(Oc2ccc(C#N)c(-c3ccccc3)c2-c2ccccc2)Oc2ccc(C#N)c(-c3ccccc3)c2-c2ccccc2)c(-c2ccccc2)c1-c1ccccc1. The van der Waals surface area contributed by atoms with Gasteiger partial charge < -0.3 is 13.6 Å². The Balaban J connectivity index is 1.30. The highest BCUT2D eigenvalue weighted by molar-refractivity contribution is 7.43. The second-order valence-corrected chi connectivity index (χ2v) is 15.6. The average Bonchev–Trinajstić information content (AvgIpc) is 3.37. The molecule has 0 aliphatic rings. The van der Waals surface area contributed by atoms with E-state index in [0.29, 0.717) is 67.3 Å². The fourth-order valence-corrected chi connectivity index (χ4v) is 8.99. The first-order valence-corrected chi connectivity index (χ1v) is 21.6. The largest absolute Gasteiger partial charge is 0.530 e. The molecule has 0 spiro atoms. The van der Waals surface area contributed by atoms with Crippen molar-refractivity contribution in [3.63, 3.8) is 0 Å². The van der Waals surface area contributed by atoms with Crippen LogP contribution < -0.4 is 13.6 Å². The second-order valence-electron chi connectivity index (χ2n) is 14.6. The molecule has 0 atom stereocenters. The van der Waals surface area contributed by atoms with E-state index in [1.54, 1.807) is 36.4 Å². The van der Waals surface area contributed by atoms with Crippen molar-refractivity contribution < 1.29 is 13.6 Å². The van der Waals surface area contributed by atoms with Gasteiger partial charge in [0.2, 0.25) is 0 Å². The summed E-state index contributed by atoms with van der Waals surface area (Å²) < 4.78 is 21.4. The third kappa shape index (κ3) is 8.32. The lowest BCUT2D eigenvalue weighted by molar-refractivity contribution is 0.390. The maximum Gasteiger partial charge on any atom is 0.530 e. The summed E-state index contributed by atoms with van der Waals surface area (Å²) in [5.41, 5.74) is 10.6. The van der Waals surface area contributed by atoms with Gasteiger partial charge in [-0.15, -0.1) is 0 Å². The Morgan fingerprint density at radius 2 is 0.453 bits per heavy atom. The summed E-state index contributed by atoms with van der Waals surface area (Å²) in [5.74, 6) is 1.27. The van der Waals surface area contributed by atoms with Gasteiger partial charge in [0.25, 0.3) is 0 Å². The summed E-state index contributed by atoms with van der Waals surface area (Å²) in [6.07, 6.45) is 0. The second kappa shape index (κ2) is 18.9. The summed E-state index contributed by atoms with van der Waals surface area (Å²) >= 11 is 0. The molecule has 0 fully saturated rings. The van der Waals surface area contributed by atoms with Crippen LogP contribution in [0.2, 0.25) is 0 Å². The van der Waals surface area contributed by atoms with Crippen LogP contribution in [0.3, 0.4) is 0 Å². The molecule has 9 aromatic rings. The van der Waals surface area contributed by atoms with E-state index < -0.39 is 8.60 Å². The number of rotatable bonds is 12. The monoisotopic (exact) mass is 841 g/mol. The van der Waals surface area contributed by atoms with Crippen molar-refractivity contribution >= 4 is 8.60 Å². The van der Waals surface area contributed by atoms with E-state index in [1.165, 1.54) is 0 Å². The fraction of sp³-hybridized carbons (Fsp3) is 0. The van der Waals surface area contributed by atoms with Gasteiger partial charge in [-0.1, -0.05) is 182 Å². The maximum atomic E-state index is 10.5. The van der Waals surface area contributed by atoms with Crippen LogP contribution in [0.25, 0.3) is 66.8 Å².